The number of nitrogens with zero attached hydrogens (tertiary/aromatic N) is 1. The molecule has 5 nitrogen and oxygen atoms in total. The molecule has 0 saturated carbocycles. The van der Waals surface area contributed by atoms with E-state index in [4.69, 9.17) is 4.74 Å². The Labute approximate surface area is 157 Å². The van der Waals surface area contributed by atoms with Gasteiger partial charge in [0.25, 0.3) is 0 Å². The highest BCUT2D eigenvalue weighted by Gasteiger charge is 2.09. The van der Waals surface area contributed by atoms with E-state index in [0.717, 1.165) is 33.7 Å². The Morgan fingerprint density at radius 3 is 2.52 bits per heavy atom. The van der Waals surface area contributed by atoms with E-state index < -0.39 is 0 Å². The molecule has 4 rings (SSSR count). The van der Waals surface area contributed by atoms with E-state index in [0.29, 0.717) is 5.75 Å². The van der Waals surface area contributed by atoms with Crippen molar-refractivity contribution in [2.75, 3.05) is 12.4 Å². The molecule has 0 unspecified atom stereocenters. The van der Waals surface area contributed by atoms with Crippen molar-refractivity contribution >= 4 is 22.6 Å². The fourth-order valence-electron chi connectivity index (χ4n) is 3.03. The van der Waals surface area contributed by atoms with Gasteiger partial charge in [-0.2, -0.15) is 0 Å². The Morgan fingerprint density at radius 1 is 1.00 bits per heavy atom. The van der Waals surface area contributed by atoms with Gasteiger partial charge in [-0.05, 0) is 42.5 Å². The number of hydrogen-bond donors (Lipinski definition) is 2. The van der Waals surface area contributed by atoms with Crippen LogP contribution < -0.4 is 10.1 Å². The third kappa shape index (κ3) is 3.67. The van der Waals surface area contributed by atoms with Crippen LogP contribution in [0.1, 0.15) is 5.56 Å². The van der Waals surface area contributed by atoms with E-state index in [9.17, 15) is 4.79 Å². The molecule has 3 aromatic carbocycles. The number of para-hydroxylation sites is 3. The Kier molecular flexibility index (Phi) is 4.58. The van der Waals surface area contributed by atoms with E-state index in [1.807, 2.05) is 72.8 Å². The number of carbonyl (C=O) groups is 1. The van der Waals surface area contributed by atoms with Crippen LogP contribution in [0.3, 0.4) is 0 Å². The quantitative estimate of drug-likeness (QED) is 0.556. The largest absolute Gasteiger partial charge is 0.496 e. The maximum absolute atomic E-state index is 12.3. The highest BCUT2D eigenvalue weighted by Crippen LogP contribution is 2.23. The SMILES string of the molecule is COc1ccccc1CC(=O)Nc1ccc(-c2nc3ccccc3[nH]2)cc1. The second kappa shape index (κ2) is 7.33. The second-order valence-corrected chi connectivity index (χ2v) is 6.22. The number of benzene rings is 3. The molecule has 5 heteroatoms. The highest BCUT2D eigenvalue weighted by atomic mass is 16.5. The lowest BCUT2D eigenvalue weighted by Gasteiger charge is -2.09. The lowest BCUT2D eigenvalue weighted by molar-refractivity contribution is -0.115. The number of fused-ring (bicyclic) bond motifs is 1. The normalized spacial score (nSPS) is 10.7. The molecular weight excluding hydrogens is 338 g/mol. The summed E-state index contributed by atoms with van der Waals surface area (Å²) in [6.45, 7) is 0. The number of anilines is 1. The molecule has 0 fully saturated rings. The van der Waals surface area contributed by atoms with Crippen LogP contribution in [0.25, 0.3) is 22.4 Å². The summed E-state index contributed by atoms with van der Waals surface area (Å²) in [5, 5.41) is 2.92. The van der Waals surface area contributed by atoms with Gasteiger partial charge in [0.1, 0.15) is 11.6 Å². The number of nitrogens with one attached hydrogen (secondary N) is 2. The lowest BCUT2D eigenvalue weighted by Crippen LogP contribution is -2.14. The Balaban J connectivity index is 1.46. The van der Waals surface area contributed by atoms with E-state index in [1.165, 1.54) is 0 Å². The van der Waals surface area contributed by atoms with Gasteiger partial charge in [0, 0.05) is 16.8 Å². The molecule has 1 heterocycles. The van der Waals surface area contributed by atoms with Crippen molar-refractivity contribution in [2.24, 2.45) is 0 Å². The van der Waals surface area contributed by atoms with Gasteiger partial charge in [0.05, 0.1) is 24.6 Å². The zero-order chi connectivity index (χ0) is 18.6. The number of aromatic amines is 1. The van der Waals surface area contributed by atoms with Gasteiger partial charge < -0.3 is 15.0 Å². The van der Waals surface area contributed by atoms with Crippen molar-refractivity contribution < 1.29 is 9.53 Å². The maximum Gasteiger partial charge on any atom is 0.228 e. The Bertz CT molecular complexity index is 1050. The average Bonchev–Trinajstić information content (AvgIpc) is 3.13. The standard InChI is InChI=1S/C22H19N3O2/c1-27-20-9-5-2-6-16(20)14-21(26)23-17-12-10-15(11-13-17)22-24-18-7-3-4-8-19(18)25-22/h2-13H,14H2,1H3,(H,23,26)(H,24,25). The lowest BCUT2D eigenvalue weighted by atomic mass is 10.1. The number of H-pyrrole nitrogens is 1. The monoisotopic (exact) mass is 357 g/mol. The van der Waals surface area contributed by atoms with Gasteiger partial charge in [0.15, 0.2) is 0 Å². The van der Waals surface area contributed by atoms with Crippen molar-refractivity contribution in [3.05, 3.63) is 78.4 Å². The van der Waals surface area contributed by atoms with Gasteiger partial charge >= 0.3 is 0 Å². The number of amides is 1. The third-order valence-electron chi connectivity index (χ3n) is 4.38. The van der Waals surface area contributed by atoms with E-state index in [2.05, 4.69) is 15.3 Å². The zero-order valence-electron chi connectivity index (χ0n) is 14.9. The fourth-order valence-corrected chi connectivity index (χ4v) is 3.03. The highest BCUT2D eigenvalue weighted by molar-refractivity contribution is 5.93. The molecule has 0 atom stereocenters. The molecule has 4 aromatic rings. The minimum absolute atomic E-state index is 0.0870. The second-order valence-electron chi connectivity index (χ2n) is 6.22. The predicted octanol–water partition coefficient (Wildman–Crippen LogP) is 4.42. The van der Waals surface area contributed by atoms with Crippen LogP contribution in [0.5, 0.6) is 5.75 Å². The topological polar surface area (TPSA) is 67.0 Å². The zero-order valence-corrected chi connectivity index (χ0v) is 14.9. The van der Waals surface area contributed by atoms with Crippen LogP contribution in [0, 0.1) is 0 Å². The van der Waals surface area contributed by atoms with Crippen molar-refractivity contribution in [2.45, 2.75) is 6.42 Å². The van der Waals surface area contributed by atoms with Crippen LogP contribution in [-0.4, -0.2) is 23.0 Å². The molecule has 1 aromatic heterocycles. The third-order valence-corrected chi connectivity index (χ3v) is 4.38. The molecule has 27 heavy (non-hydrogen) atoms. The Morgan fingerprint density at radius 2 is 1.74 bits per heavy atom. The molecule has 1 amide bonds. The molecule has 0 aliphatic rings. The number of rotatable bonds is 5. The van der Waals surface area contributed by atoms with Crippen molar-refractivity contribution in [3.8, 4) is 17.1 Å². The molecule has 0 radical (unpaired) electrons. The number of carbonyl (C=O) groups excluding carboxylic acids is 1. The summed E-state index contributed by atoms with van der Waals surface area (Å²) < 4.78 is 5.30. The summed E-state index contributed by atoms with van der Waals surface area (Å²) >= 11 is 0. The number of aromatic nitrogens is 2. The molecule has 2 N–H and O–H groups in total. The van der Waals surface area contributed by atoms with Crippen LogP contribution in [0.15, 0.2) is 72.8 Å². The van der Waals surface area contributed by atoms with Crippen LogP contribution in [0.2, 0.25) is 0 Å². The van der Waals surface area contributed by atoms with E-state index >= 15 is 0 Å². The van der Waals surface area contributed by atoms with Crippen LogP contribution in [0.4, 0.5) is 5.69 Å². The van der Waals surface area contributed by atoms with Gasteiger partial charge in [0.2, 0.25) is 5.91 Å². The van der Waals surface area contributed by atoms with E-state index in [1.54, 1.807) is 7.11 Å². The molecule has 0 spiro atoms. The summed E-state index contributed by atoms with van der Waals surface area (Å²) in [6, 6.07) is 23.1. The van der Waals surface area contributed by atoms with Gasteiger partial charge in [-0.15, -0.1) is 0 Å². The Hall–Kier alpha value is -3.60. The molecule has 0 bridgehead atoms. The molecule has 0 aliphatic heterocycles. The molecule has 0 saturated heterocycles. The average molecular weight is 357 g/mol. The minimum atomic E-state index is -0.0870. The van der Waals surface area contributed by atoms with Crippen LogP contribution >= 0.6 is 0 Å². The summed E-state index contributed by atoms with van der Waals surface area (Å²) in [7, 11) is 1.60. The van der Waals surface area contributed by atoms with Crippen molar-refractivity contribution in [3.63, 3.8) is 0 Å². The minimum Gasteiger partial charge on any atom is -0.496 e. The van der Waals surface area contributed by atoms with Crippen molar-refractivity contribution in [1.29, 1.82) is 0 Å². The van der Waals surface area contributed by atoms with Crippen molar-refractivity contribution in [1.82, 2.24) is 9.97 Å². The molecule has 0 aliphatic carbocycles. The first kappa shape index (κ1) is 16.8. The number of imidazole rings is 1. The molecule has 134 valence electrons. The van der Waals surface area contributed by atoms with Gasteiger partial charge in [-0.1, -0.05) is 30.3 Å². The van der Waals surface area contributed by atoms with Crippen LogP contribution in [-0.2, 0) is 11.2 Å². The summed E-state index contributed by atoms with van der Waals surface area (Å²) in [4.78, 5) is 20.2. The summed E-state index contributed by atoms with van der Waals surface area (Å²) in [5.74, 6) is 1.44. The first-order valence-electron chi connectivity index (χ1n) is 8.70. The first-order valence-corrected chi connectivity index (χ1v) is 8.70. The predicted molar refractivity (Wildman–Crippen MR) is 107 cm³/mol. The maximum atomic E-state index is 12.3. The molecular formula is C22H19N3O2. The number of ether oxygens (including phenoxy) is 1. The fraction of sp³-hybridized carbons (Fsp3) is 0.0909. The van der Waals surface area contributed by atoms with E-state index in [-0.39, 0.29) is 12.3 Å². The first-order chi connectivity index (χ1) is 13.2. The summed E-state index contributed by atoms with van der Waals surface area (Å²) in [5.41, 5.74) is 4.50. The smallest absolute Gasteiger partial charge is 0.228 e. The summed E-state index contributed by atoms with van der Waals surface area (Å²) in [6.07, 6.45) is 0.259. The van der Waals surface area contributed by atoms with Gasteiger partial charge in [-0.3, -0.25) is 4.79 Å². The number of methoxy groups -OCH3 is 1. The number of hydrogen-bond acceptors (Lipinski definition) is 3. The van der Waals surface area contributed by atoms with Gasteiger partial charge in [-0.25, -0.2) is 4.98 Å².